The number of carbonyl (C=O) groups excluding carboxylic acids is 1. The third-order valence-electron chi connectivity index (χ3n) is 2.93. The van der Waals surface area contributed by atoms with Crippen molar-refractivity contribution in [3.63, 3.8) is 0 Å². The standard InChI is InChI=1S/C15H20N4O/c1-11(2)15(20)18-14-6-4-13(5-7-14)16-8-12-9-17-19(3)10-12/h4-7,9-11,16H,8H2,1-3H3,(H,18,20). The van der Waals surface area contributed by atoms with E-state index in [2.05, 4.69) is 15.7 Å². The molecule has 0 radical (unpaired) electrons. The van der Waals surface area contributed by atoms with Gasteiger partial charge in [-0.2, -0.15) is 5.10 Å². The maximum Gasteiger partial charge on any atom is 0.226 e. The van der Waals surface area contributed by atoms with Crippen molar-refractivity contribution in [3.8, 4) is 0 Å². The van der Waals surface area contributed by atoms with Crippen molar-refractivity contribution in [2.24, 2.45) is 13.0 Å². The summed E-state index contributed by atoms with van der Waals surface area (Å²) in [5, 5.41) is 10.3. The Morgan fingerprint density at radius 1 is 1.25 bits per heavy atom. The Morgan fingerprint density at radius 2 is 1.90 bits per heavy atom. The number of anilines is 2. The highest BCUT2D eigenvalue weighted by Gasteiger charge is 2.06. The molecule has 0 aliphatic heterocycles. The van der Waals surface area contributed by atoms with Gasteiger partial charge in [-0.25, -0.2) is 0 Å². The first-order valence-electron chi connectivity index (χ1n) is 6.67. The van der Waals surface area contributed by atoms with Crippen LogP contribution in [0.2, 0.25) is 0 Å². The predicted octanol–water partition coefficient (Wildman–Crippen LogP) is 2.63. The average Bonchev–Trinajstić information content (AvgIpc) is 2.83. The maximum atomic E-state index is 11.6. The van der Waals surface area contributed by atoms with Gasteiger partial charge in [-0.05, 0) is 24.3 Å². The van der Waals surface area contributed by atoms with Crippen molar-refractivity contribution in [3.05, 3.63) is 42.2 Å². The number of amides is 1. The minimum atomic E-state index is -0.0154. The van der Waals surface area contributed by atoms with Crippen molar-refractivity contribution < 1.29 is 4.79 Å². The lowest BCUT2D eigenvalue weighted by molar-refractivity contribution is -0.118. The molecule has 0 fully saturated rings. The number of rotatable bonds is 5. The SMILES string of the molecule is CC(C)C(=O)Nc1ccc(NCc2cnn(C)c2)cc1. The molecule has 5 heteroatoms. The fraction of sp³-hybridized carbons (Fsp3) is 0.333. The van der Waals surface area contributed by atoms with E-state index >= 15 is 0 Å². The Bertz CT molecular complexity index is 572. The molecule has 1 amide bonds. The summed E-state index contributed by atoms with van der Waals surface area (Å²) in [7, 11) is 1.90. The zero-order valence-corrected chi connectivity index (χ0v) is 12.1. The molecular formula is C15H20N4O. The molecule has 1 heterocycles. The van der Waals surface area contributed by atoms with Crippen LogP contribution in [0, 0.1) is 5.92 Å². The molecule has 0 saturated carbocycles. The fourth-order valence-corrected chi connectivity index (χ4v) is 1.73. The van der Waals surface area contributed by atoms with Gasteiger partial charge >= 0.3 is 0 Å². The zero-order chi connectivity index (χ0) is 14.5. The summed E-state index contributed by atoms with van der Waals surface area (Å²) in [5.74, 6) is 0.0134. The van der Waals surface area contributed by atoms with Gasteiger partial charge in [0.05, 0.1) is 6.20 Å². The van der Waals surface area contributed by atoms with Crippen molar-refractivity contribution in [1.29, 1.82) is 0 Å². The highest BCUT2D eigenvalue weighted by molar-refractivity contribution is 5.92. The van der Waals surface area contributed by atoms with Crippen LogP contribution in [0.3, 0.4) is 0 Å². The van der Waals surface area contributed by atoms with Gasteiger partial charge in [-0.3, -0.25) is 9.48 Å². The Labute approximate surface area is 119 Å². The lowest BCUT2D eigenvalue weighted by atomic mass is 10.2. The van der Waals surface area contributed by atoms with Crippen LogP contribution in [0.4, 0.5) is 11.4 Å². The van der Waals surface area contributed by atoms with Crippen LogP contribution in [0.15, 0.2) is 36.7 Å². The van der Waals surface area contributed by atoms with Gasteiger partial charge in [-0.15, -0.1) is 0 Å². The third-order valence-corrected chi connectivity index (χ3v) is 2.93. The van der Waals surface area contributed by atoms with Gasteiger partial charge in [0.15, 0.2) is 0 Å². The molecule has 0 aliphatic carbocycles. The monoisotopic (exact) mass is 272 g/mol. The first kappa shape index (κ1) is 14.1. The molecule has 5 nitrogen and oxygen atoms in total. The summed E-state index contributed by atoms with van der Waals surface area (Å²) in [4.78, 5) is 11.6. The molecule has 2 rings (SSSR count). The number of nitrogens with zero attached hydrogens (tertiary/aromatic N) is 2. The van der Waals surface area contributed by atoms with E-state index in [1.807, 2.05) is 57.6 Å². The molecule has 0 aliphatic rings. The number of hydrogen-bond donors (Lipinski definition) is 2. The molecule has 0 saturated heterocycles. The first-order valence-corrected chi connectivity index (χ1v) is 6.67. The second kappa shape index (κ2) is 6.23. The summed E-state index contributed by atoms with van der Waals surface area (Å²) < 4.78 is 1.78. The molecule has 0 atom stereocenters. The summed E-state index contributed by atoms with van der Waals surface area (Å²) >= 11 is 0. The molecule has 106 valence electrons. The van der Waals surface area contributed by atoms with Crippen LogP contribution >= 0.6 is 0 Å². The lowest BCUT2D eigenvalue weighted by Gasteiger charge is -2.09. The van der Waals surface area contributed by atoms with Crippen molar-refractivity contribution in [2.45, 2.75) is 20.4 Å². The number of benzene rings is 1. The van der Waals surface area contributed by atoms with Gasteiger partial charge in [0.25, 0.3) is 0 Å². The van der Waals surface area contributed by atoms with E-state index in [0.29, 0.717) is 0 Å². The zero-order valence-electron chi connectivity index (χ0n) is 12.1. The van der Waals surface area contributed by atoms with E-state index in [-0.39, 0.29) is 11.8 Å². The Hall–Kier alpha value is -2.30. The first-order chi connectivity index (χ1) is 9.54. The molecule has 0 unspecified atom stereocenters. The van der Waals surface area contributed by atoms with Crippen LogP contribution in [-0.4, -0.2) is 15.7 Å². The van der Waals surface area contributed by atoms with E-state index in [1.165, 1.54) is 0 Å². The van der Waals surface area contributed by atoms with Gasteiger partial charge in [-0.1, -0.05) is 13.8 Å². The molecule has 0 spiro atoms. The van der Waals surface area contributed by atoms with Crippen molar-refractivity contribution >= 4 is 17.3 Å². The van der Waals surface area contributed by atoms with Crippen LogP contribution < -0.4 is 10.6 Å². The molecular weight excluding hydrogens is 252 g/mol. The molecule has 1 aromatic heterocycles. The summed E-state index contributed by atoms with van der Waals surface area (Å²) in [6, 6.07) is 7.69. The normalized spacial score (nSPS) is 10.6. The second-order valence-corrected chi connectivity index (χ2v) is 5.10. The Morgan fingerprint density at radius 3 is 2.45 bits per heavy atom. The topological polar surface area (TPSA) is 59.0 Å². The van der Waals surface area contributed by atoms with Gasteiger partial charge in [0.1, 0.15) is 0 Å². The molecule has 1 aromatic carbocycles. The van der Waals surface area contributed by atoms with Crippen molar-refractivity contribution in [1.82, 2.24) is 9.78 Å². The minimum absolute atomic E-state index is 0.0154. The van der Waals surface area contributed by atoms with Crippen LogP contribution in [0.25, 0.3) is 0 Å². The van der Waals surface area contributed by atoms with E-state index in [9.17, 15) is 4.79 Å². The number of aryl methyl sites for hydroxylation is 1. The second-order valence-electron chi connectivity index (χ2n) is 5.10. The van der Waals surface area contributed by atoms with Crippen LogP contribution in [-0.2, 0) is 18.4 Å². The summed E-state index contributed by atoms with van der Waals surface area (Å²) in [5.41, 5.74) is 2.96. The quantitative estimate of drug-likeness (QED) is 0.879. The average molecular weight is 272 g/mol. The van der Waals surface area contributed by atoms with Crippen LogP contribution in [0.5, 0.6) is 0 Å². The summed E-state index contributed by atoms with van der Waals surface area (Å²) in [6.07, 6.45) is 3.81. The smallest absolute Gasteiger partial charge is 0.226 e. The lowest BCUT2D eigenvalue weighted by Crippen LogP contribution is -2.17. The van der Waals surface area contributed by atoms with Crippen LogP contribution in [0.1, 0.15) is 19.4 Å². The number of carbonyl (C=O) groups is 1. The minimum Gasteiger partial charge on any atom is -0.381 e. The largest absolute Gasteiger partial charge is 0.381 e. The third kappa shape index (κ3) is 3.85. The molecule has 2 aromatic rings. The Kier molecular flexibility index (Phi) is 4.40. The van der Waals surface area contributed by atoms with Gasteiger partial charge < -0.3 is 10.6 Å². The van der Waals surface area contributed by atoms with E-state index in [4.69, 9.17) is 0 Å². The fourth-order valence-electron chi connectivity index (χ4n) is 1.73. The number of hydrogen-bond acceptors (Lipinski definition) is 3. The predicted molar refractivity (Wildman–Crippen MR) is 80.4 cm³/mol. The Balaban J connectivity index is 1.89. The number of nitrogens with one attached hydrogen (secondary N) is 2. The number of aromatic nitrogens is 2. The van der Waals surface area contributed by atoms with E-state index < -0.39 is 0 Å². The van der Waals surface area contributed by atoms with E-state index in [0.717, 1.165) is 23.5 Å². The highest BCUT2D eigenvalue weighted by Crippen LogP contribution is 2.15. The molecule has 20 heavy (non-hydrogen) atoms. The highest BCUT2D eigenvalue weighted by atomic mass is 16.1. The maximum absolute atomic E-state index is 11.6. The molecule has 0 bridgehead atoms. The van der Waals surface area contributed by atoms with E-state index in [1.54, 1.807) is 4.68 Å². The molecule has 2 N–H and O–H groups in total. The van der Waals surface area contributed by atoms with Crippen molar-refractivity contribution in [2.75, 3.05) is 10.6 Å². The van der Waals surface area contributed by atoms with Gasteiger partial charge in [0, 0.05) is 42.6 Å². The van der Waals surface area contributed by atoms with Gasteiger partial charge in [0.2, 0.25) is 5.91 Å². The summed E-state index contributed by atoms with van der Waals surface area (Å²) in [6.45, 7) is 4.48.